The molecule has 1 aromatic heterocycles. The van der Waals surface area contributed by atoms with E-state index in [0.29, 0.717) is 11.3 Å². The molecule has 1 heterocycles. The van der Waals surface area contributed by atoms with Crippen LogP contribution < -0.4 is 5.32 Å². The van der Waals surface area contributed by atoms with Crippen molar-refractivity contribution in [2.45, 2.75) is 13.0 Å². The number of nitrogens with one attached hydrogen (secondary N) is 1. The summed E-state index contributed by atoms with van der Waals surface area (Å²) in [6.07, 6.45) is 0. The maximum absolute atomic E-state index is 13.4. The quantitative estimate of drug-likeness (QED) is 0.775. The number of hydrogen-bond acceptors (Lipinski definition) is 2. The van der Waals surface area contributed by atoms with Crippen LogP contribution in [0.3, 0.4) is 0 Å². The van der Waals surface area contributed by atoms with Gasteiger partial charge in [-0.1, -0.05) is 17.7 Å². The molecule has 0 aliphatic heterocycles. The van der Waals surface area contributed by atoms with Gasteiger partial charge in [0, 0.05) is 5.39 Å². The van der Waals surface area contributed by atoms with Gasteiger partial charge in [0.1, 0.15) is 11.3 Å². The smallest absolute Gasteiger partial charge is 0.159 e. The molecule has 108 valence electrons. The molecule has 0 saturated heterocycles. The maximum Gasteiger partial charge on any atom is 0.159 e. The normalized spacial score (nSPS) is 12.8. The largest absolute Gasteiger partial charge is 0.459 e. The zero-order valence-electron chi connectivity index (χ0n) is 11.8. The van der Waals surface area contributed by atoms with Gasteiger partial charge >= 0.3 is 0 Å². The molecule has 2 aromatic carbocycles. The van der Waals surface area contributed by atoms with Crippen LogP contribution in [0.25, 0.3) is 11.0 Å². The Hall–Kier alpha value is -2.20. The summed E-state index contributed by atoms with van der Waals surface area (Å²) >= 11 is 0. The van der Waals surface area contributed by atoms with Gasteiger partial charge in [-0.05, 0) is 49.9 Å². The molecule has 1 unspecified atom stereocenters. The Balaban J connectivity index is 2.06. The third-order valence-electron chi connectivity index (χ3n) is 3.54. The first kappa shape index (κ1) is 13.8. The molecule has 3 rings (SSSR count). The van der Waals surface area contributed by atoms with Crippen LogP contribution in [0.1, 0.15) is 22.9 Å². The fourth-order valence-electron chi connectivity index (χ4n) is 2.49. The van der Waals surface area contributed by atoms with E-state index in [1.165, 1.54) is 6.07 Å². The summed E-state index contributed by atoms with van der Waals surface area (Å²) in [5, 5.41) is 4.07. The van der Waals surface area contributed by atoms with Crippen molar-refractivity contribution in [2.75, 3.05) is 7.05 Å². The highest BCUT2D eigenvalue weighted by Gasteiger charge is 2.18. The maximum atomic E-state index is 13.4. The number of aryl methyl sites for hydroxylation is 1. The molecule has 0 saturated carbocycles. The zero-order valence-corrected chi connectivity index (χ0v) is 11.8. The molecule has 1 atom stereocenters. The van der Waals surface area contributed by atoms with E-state index in [1.54, 1.807) is 13.1 Å². The van der Waals surface area contributed by atoms with Gasteiger partial charge in [-0.3, -0.25) is 0 Å². The van der Waals surface area contributed by atoms with Crippen LogP contribution in [0, 0.1) is 18.6 Å². The molecular formula is C17H15F2NO. The standard InChI is InChI=1S/C17H15F2NO/c1-10-3-6-15-12(7-10)9-16(21-15)17(20-2)11-4-5-13(18)14(19)8-11/h3-9,17,20H,1-2H3. The second-order valence-electron chi connectivity index (χ2n) is 5.09. The Morgan fingerprint density at radius 2 is 1.81 bits per heavy atom. The van der Waals surface area contributed by atoms with Crippen molar-refractivity contribution >= 4 is 11.0 Å². The topological polar surface area (TPSA) is 25.2 Å². The van der Waals surface area contributed by atoms with Crippen LogP contribution in [0.2, 0.25) is 0 Å². The van der Waals surface area contributed by atoms with Crippen LogP contribution in [0.4, 0.5) is 8.78 Å². The number of benzene rings is 2. The van der Waals surface area contributed by atoms with Crippen LogP contribution >= 0.6 is 0 Å². The van der Waals surface area contributed by atoms with Crippen LogP contribution in [-0.2, 0) is 0 Å². The first-order valence-electron chi connectivity index (χ1n) is 6.71. The fraction of sp³-hybridized carbons (Fsp3) is 0.176. The molecule has 0 amide bonds. The van der Waals surface area contributed by atoms with Crippen molar-refractivity contribution in [1.29, 1.82) is 0 Å². The molecule has 1 N–H and O–H groups in total. The van der Waals surface area contributed by atoms with E-state index >= 15 is 0 Å². The third kappa shape index (κ3) is 2.54. The molecule has 3 aromatic rings. The van der Waals surface area contributed by atoms with Crippen molar-refractivity contribution < 1.29 is 13.2 Å². The Morgan fingerprint density at radius 1 is 1.00 bits per heavy atom. The average Bonchev–Trinajstić information content (AvgIpc) is 2.86. The molecule has 0 fully saturated rings. The molecule has 4 heteroatoms. The van der Waals surface area contributed by atoms with E-state index in [0.717, 1.165) is 22.6 Å². The minimum absolute atomic E-state index is 0.326. The Kier molecular flexibility index (Phi) is 3.47. The van der Waals surface area contributed by atoms with Crippen LogP contribution in [-0.4, -0.2) is 7.05 Å². The van der Waals surface area contributed by atoms with E-state index in [-0.39, 0.29) is 6.04 Å². The van der Waals surface area contributed by atoms with Crippen LogP contribution in [0.15, 0.2) is 46.9 Å². The Morgan fingerprint density at radius 3 is 2.52 bits per heavy atom. The molecule has 0 aliphatic carbocycles. The van der Waals surface area contributed by atoms with E-state index in [2.05, 4.69) is 5.32 Å². The second-order valence-corrected chi connectivity index (χ2v) is 5.09. The summed E-state index contributed by atoms with van der Waals surface area (Å²) in [6.45, 7) is 2.01. The molecular weight excluding hydrogens is 272 g/mol. The lowest BCUT2D eigenvalue weighted by Gasteiger charge is -2.14. The zero-order chi connectivity index (χ0) is 15.0. The fourth-order valence-corrected chi connectivity index (χ4v) is 2.49. The van der Waals surface area contributed by atoms with Gasteiger partial charge in [-0.2, -0.15) is 0 Å². The van der Waals surface area contributed by atoms with Crippen molar-refractivity contribution in [2.24, 2.45) is 0 Å². The van der Waals surface area contributed by atoms with E-state index in [9.17, 15) is 8.78 Å². The van der Waals surface area contributed by atoms with Crippen molar-refractivity contribution in [1.82, 2.24) is 5.32 Å². The predicted molar refractivity (Wildman–Crippen MR) is 78.2 cm³/mol. The summed E-state index contributed by atoms with van der Waals surface area (Å²) in [7, 11) is 1.75. The van der Waals surface area contributed by atoms with Gasteiger partial charge in [0.25, 0.3) is 0 Å². The highest BCUT2D eigenvalue weighted by atomic mass is 19.2. The van der Waals surface area contributed by atoms with Crippen molar-refractivity contribution in [3.05, 3.63) is 71.0 Å². The van der Waals surface area contributed by atoms with Crippen molar-refractivity contribution in [3.8, 4) is 0 Å². The third-order valence-corrected chi connectivity index (χ3v) is 3.54. The number of furan rings is 1. The van der Waals surface area contributed by atoms with E-state index in [1.807, 2.05) is 31.2 Å². The molecule has 0 aliphatic rings. The minimum Gasteiger partial charge on any atom is -0.459 e. The lowest BCUT2D eigenvalue weighted by atomic mass is 10.0. The number of fused-ring (bicyclic) bond motifs is 1. The predicted octanol–water partition coefficient (Wildman–Crippen LogP) is 4.33. The summed E-state index contributed by atoms with van der Waals surface area (Å²) in [6, 6.07) is 11.4. The Labute approximate surface area is 121 Å². The van der Waals surface area contributed by atoms with E-state index < -0.39 is 11.6 Å². The first-order chi connectivity index (χ1) is 10.1. The summed E-state index contributed by atoms with van der Waals surface area (Å²) in [4.78, 5) is 0. The summed E-state index contributed by atoms with van der Waals surface area (Å²) < 4.78 is 32.3. The van der Waals surface area contributed by atoms with Gasteiger partial charge < -0.3 is 9.73 Å². The SMILES string of the molecule is CNC(c1ccc(F)c(F)c1)c1cc2cc(C)ccc2o1. The second kappa shape index (κ2) is 5.30. The van der Waals surface area contributed by atoms with Crippen molar-refractivity contribution in [3.63, 3.8) is 0 Å². The summed E-state index contributed by atoms with van der Waals surface area (Å²) in [5.74, 6) is -1.04. The highest BCUT2D eigenvalue weighted by Crippen LogP contribution is 2.29. The lowest BCUT2D eigenvalue weighted by molar-refractivity contribution is 0.481. The molecule has 0 spiro atoms. The van der Waals surface area contributed by atoms with Crippen LogP contribution in [0.5, 0.6) is 0 Å². The van der Waals surface area contributed by atoms with Gasteiger partial charge in [0.05, 0.1) is 6.04 Å². The minimum atomic E-state index is -0.861. The average molecular weight is 287 g/mol. The first-order valence-corrected chi connectivity index (χ1v) is 6.71. The lowest BCUT2D eigenvalue weighted by Crippen LogP contribution is -2.17. The number of rotatable bonds is 3. The molecule has 2 nitrogen and oxygen atoms in total. The molecule has 21 heavy (non-hydrogen) atoms. The molecule has 0 radical (unpaired) electrons. The van der Waals surface area contributed by atoms with Gasteiger partial charge in [0.15, 0.2) is 11.6 Å². The Bertz CT molecular complexity index is 795. The number of hydrogen-bond donors (Lipinski definition) is 1. The summed E-state index contributed by atoms with van der Waals surface area (Å²) in [5.41, 5.74) is 2.54. The van der Waals surface area contributed by atoms with E-state index in [4.69, 9.17) is 4.42 Å². The van der Waals surface area contributed by atoms with Gasteiger partial charge in [-0.15, -0.1) is 0 Å². The highest BCUT2D eigenvalue weighted by molar-refractivity contribution is 5.78. The monoisotopic (exact) mass is 287 g/mol. The number of halogens is 2. The van der Waals surface area contributed by atoms with Gasteiger partial charge in [0.2, 0.25) is 0 Å². The van der Waals surface area contributed by atoms with Gasteiger partial charge in [-0.25, -0.2) is 8.78 Å². The molecule has 0 bridgehead atoms.